The SMILES string of the molecule is C[C@@H](O)C/C=C/C[C@@H](C)O. The lowest BCUT2D eigenvalue weighted by Crippen LogP contribution is -1.97. The number of hydrogen-bond donors (Lipinski definition) is 2. The van der Waals surface area contributed by atoms with E-state index in [1.165, 1.54) is 0 Å². The number of hydrogen-bond acceptors (Lipinski definition) is 2. The Labute approximate surface area is 62.2 Å². The molecule has 0 aromatic carbocycles. The normalized spacial score (nSPS) is 17.6. The van der Waals surface area contributed by atoms with E-state index in [1.807, 2.05) is 12.2 Å². The molecule has 0 fully saturated rings. The molecule has 0 aromatic rings. The van der Waals surface area contributed by atoms with Gasteiger partial charge in [-0.3, -0.25) is 0 Å². The van der Waals surface area contributed by atoms with Crippen LogP contribution in [0.25, 0.3) is 0 Å². The van der Waals surface area contributed by atoms with Crippen LogP contribution in [0, 0.1) is 0 Å². The first kappa shape index (κ1) is 9.66. The van der Waals surface area contributed by atoms with Crippen molar-refractivity contribution < 1.29 is 10.2 Å². The molecular formula is C8H16O2. The average molecular weight is 144 g/mol. The summed E-state index contributed by atoms with van der Waals surface area (Å²) in [6.07, 6.45) is 4.57. The highest BCUT2D eigenvalue weighted by Gasteiger charge is 1.90. The number of aliphatic hydroxyl groups excluding tert-OH is 2. The molecule has 0 aliphatic carbocycles. The highest BCUT2D eigenvalue weighted by Crippen LogP contribution is 1.95. The quantitative estimate of drug-likeness (QED) is 0.580. The van der Waals surface area contributed by atoms with Gasteiger partial charge >= 0.3 is 0 Å². The molecule has 0 bridgehead atoms. The standard InChI is InChI=1S/C8H16O2/c1-7(9)5-3-4-6-8(2)10/h3-4,7-10H,5-6H2,1-2H3/b4-3+/t7-,8-/m1/s1. The summed E-state index contributed by atoms with van der Waals surface area (Å²) in [5.74, 6) is 0. The molecule has 0 radical (unpaired) electrons. The van der Waals surface area contributed by atoms with Gasteiger partial charge in [-0.2, -0.15) is 0 Å². The van der Waals surface area contributed by atoms with Crippen LogP contribution in [0.15, 0.2) is 12.2 Å². The zero-order valence-electron chi connectivity index (χ0n) is 6.62. The Morgan fingerprint density at radius 2 is 1.30 bits per heavy atom. The zero-order valence-corrected chi connectivity index (χ0v) is 6.62. The Morgan fingerprint density at radius 1 is 1.00 bits per heavy atom. The first-order valence-electron chi connectivity index (χ1n) is 3.64. The molecule has 0 unspecified atom stereocenters. The van der Waals surface area contributed by atoms with E-state index in [4.69, 9.17) is 10.2 Å². The van der Waals surface area contributed by atoms with E-state index >= 15 is 0 Å². The van der Waals surface area contributed by atoms with Crippen molar-refractivity contribution in [1.82, 2.24) is 0 Å². The summed E-state index contributed by atoms with van der Waals surface area (Å²) in [5, 5.41) is 17.6. The Bertz CT molecular complexity index is 83.4. The van der Waals surface area contributed by atoms with Crippen LogP contribution in [-0.4, -0.2) is 22.4 Å². The Morgan fingerprint density at radius 3 is 1.50 bits per heavy atom. The van der Waals surface area contributed by atoms with Crippen LogP contribution in [0.3, 0.4) is 0 Å². The van der Waals surface area contributed by atoms with Crippen molar-refractivity contribution in [3.8, 4) is 0 Å². The molecule has 0 aliphatic heterocycles. The topological polar surface area (TPSA) is 40.5 Å². The van der Waals surface area contributed by atoms with Crippen LogP contribution in [0.5, 0.6) is 0 Å². The molecule has 2 N–H and O–H groups in total. The molecule has 0 aliphatic rings. The first-order valence-corrected chi connectivity index (χ1v) is 3.64. The molecule has 2 heteroatoms. The van der Waals surface area contributed by atoms with Crippen molar-refractivity contribution in [3.63, 3.8) is 0 Å². The van der Waals surface area contributed by atoms with E-state index in [0.29, 0.717) is 12.8 Å². The summed E-state index contributed by atoms with van der Waals surface area (Å²) in [4.78, 5) is 0. The van der Waals surface area contributed by atoms with Crippen LogP contribution in [0.2, 0.25) is 0 Å². The lowest BCUT2D eigenvalue weighted by Gasteiger charge is -1.98. The molecule has 0 saturated heterocycles. The largest absolute Gasteiger partial charge is 0.393 e. The van der Waals surface area contributed by atoms with Gasteiger partial charge in [-0.1, -0.05) is 12.2 Å². The highest BCUT2D eigenvalue weighted by molar-refractivity contribution is 4.84. The Balaban J connectivity index is 3.20. The molecule has 0 heterocycles. The number of rotatable bonds is 4. The third-order valence-electron chi connectivity index (χ3n) is 1.12. The molecule has 0 rings (SSSR count). The van der Waals surface area contributed by atoms with Gasteiger partial charge in [0.25, 0.3) is 0 Å². The fourth-order valence-corrected chi connectivity index (χ4v) is 0.586. The van der Waals surface area contributed by atoms with Crippen molar-refractivity contribution in [3.05, 3.63) is 12.2 Å². The van der Waals surface area contributed by atoms with Gasteiger partial charge in [-0.25, -0.2) is 0 Å². The van der Waals surface area contributed by atoms with Gasteiger partial charge in [0.2, 0.25) is 0 Å². The zero-order chi connectivity index (χ0) is 7.98. The third-order valence-corrected chi connectivity index (χ3v) is 1.12. The second-order valence-electron chi connectivity index (χ2n) is 2.64. The van der Waals surface area contributed by atoms with Crippen molar-refractivity contribution in [1.29, 1.82) is 0 Å². The maximum absolute atomic E-state index is 8.80. The van der Waals surface area contributed by atoms with Gasteiger partial charge in [0.05, 0.1) is 12.2 Å². The lowest BCUT2D eigenvalue weighted by molar-refractivity contribution is 0.194. The van der Waals surface area contributed by atoms with E-state index in [-0.39, 0.29) is 12.2 Å². The van der Waals surface area contributed by atoms with Crippen LogP contribution in [-0.2, 0) is 0 Å². The van der Waals surface area contributed by atoms with E-state index in [0.717, 1.165) is 0 Å². The van der Waals surface area contributed by atoms with Gasteiger partial charge in [0, 0.05) is 0 Å². The predicted octanol–water partition coefficient (Wildman–Crippen LogP) is 1.08. The molecule has 0 spiro atoms. The summed E-state index contributed by atoms with van der Waals surface area (Å²) in [7, 11) is 0. The third kappa shape index (κ3) is 7.66. The van der Waals surface area contributed by atoms with E-state index in [2.05, 4.69) is 0 Å². The minimum absolute atomic E-state index is 0.273. The van der Waals surface area contributed by atoms with Gasteiger partial charge in [0.1, 0.15) is 0 Å². The molecule has 0 amide bonds. The Kier molecular flexibility index (Phi) is 5.26. The van der Waals surface area contributed by atoms with Gasteiger partial charge in [-0.15, -0.1) is 0 Å². The van der Waals surface area contributed by atoms with Crippen LogP contribution >= 0.6 is 0 Å². The van der Waals surface area contributed by atoms with Crippen LogP contribution < -0.4 is 0 Å². The molecule has 60 valence electrons. The van der Waals surface area contributed by atoms with E-state index in [1.54, 1.807) is 13.8 Å². The van der Waals surface area contributed by atoms with Crippen molar-refractivity contribution >= 4 is 0 Å². The van der Waals surface area contributed by atoms with Crippen molar-refractivity contribution in [2.45, 2.75) is 38.9 Å². The molecule has 0 aromatic heterocycles. The average Bonchev–Trinajstić information content (AvgIpc) is 1.79. The number of aliphatic hydroxyl groups is 2. The maximum atomic E-state index is 8.80. The van der Waals surface area contributed by atoms with E-state index in [9.17, 15) is 0 Å². The fraction of sp³-hybridized carbons (Fsp3) is 0.750. The molecule has 2 atom stereocenters. The summed E-state index contributed by atoms with van der Waals surface area (Å²) in [5.41, 5.74) is 0. The van der Waals surface area contributed by atoms with E-state index < -0.39 is 0 Å². The molecule has 0 saturated carbocycles. The van der Waals surface area contributed by atoms with Crippen molar-refractivity contribution in [2.75, 3.05) is 0 Å². The first-order chi connectivity index (χ1) is 4.63. The summed E-state index contributed by atoms with van der Waals surface area (Å²) in [6.45, 7) is 3.49. The highest BCUT2D eigenvalue weighted by atomic mass is 16.3. The summed E-state index contributed by atoms with van der Waals surface area (Å²) >= 11 is 0. The van der Waals surface area contributed by atoms with Crippen LogP contribution in [0.1, 0.15) is 26.7 Å². The fourth-order valence-electron chi connectivity index (χ4n) is 0.586. The lowest BCUT2D eigenvalue weighted by atomic mass is 10.2. The van der Waals surface area contributed by atoms with Gasteiger partial charge in [-0.05, 0) is 26.7 Å². The van der Waals surface area contributed by atoms with Crippen molar-refractivity contribution in [2.24, 2.45) is 0 Å². The predicted molar refractivity (Wildman–Crippen MR) is 41.7 cm³/mol. The minimum Gasteiger partial charge on any atom is -0.393 e. The van der Waals surface area contributed by atoms with Crippen LogP contribution in [0.4, 0.5) is 0 Å². The second kappa shape index (κ2) is 5.45. The molecule has 2 nitrogen and oxygen atoms in total. The maximum Gasteiger partial charge on any atom is 0.0546 e. The smallest absolute Gasteiger partial charge is 0.0546 e. The summed E-state index contributed by atoms with van der Waals surface area (Å²) < 4.78 is 0. The van der Waals surface area contributed by atoms with Gasteiger partial charge < -0.3 is 10.2 Å². The summed E-state index contributed by atoms with van der Waals surface area (Å²) in [6, 6.07) is 0. The van der Waals surface area contributed by atoms with Gasteiger partial charge in [0.15, 0.2) is 0 Å². The monoisotopic (exact) mass is 144 g/mol. The minimum atomic E-state index is -0.273. The molecular weight excluding hydrogens is 128 g/mol. The molecule has 10 heavy (non-hydrogen) atoms. The Hall–Kier alpha value is -0.340. The second-order valence-corrected chi connectivity index (χ2v) is 2.64.